The zero-order valence-corrected chi connectivity index (χ0v) is 14.4. The molecular formula is C16H26Cl2N2. The Balaban J connectivity index is 2.91. The highest BCUT2D eigenvalue weighted by Crippen LogP contribution is 2.27. The minimum absolute atomic E-state index is 0.00435. The number of nitrogens with two attached hydrogens (primary N) is 1. The lowest BCUT2D eigenvalue weighted by atomic mass is 9.84. The van der Waals surface area contributed by atoms with Crippen LogP contribution < -0.4 is 5.73 Å². The van der Waals surface area contributed by atoms with Gasteiger partial charge in [-0.3, -0.25) is 4.90 Å². The van der Waals surface area contributed by atoms with E-state index in [9.17, 15) is 0 Å². The van der Waals surface area contributed by atoms with Crippen LogP contribution in [0.15, 0.2) is 18.2 Å². The Hall–Kier alpha value is -0.280. The molecule has 0 saturated heterocycles. The fourth-order valence-corrected chi connectivity index (χ4v) is 3.13. The first-order valence-electron chi connectivity index (χ1n) is 7.33. The van der Waals surface area contributed by atoms with E-state index in [0.29, 0.717) is 10.0 Å². The Kier molecular flexibility index (Phi) is 6.80. The first-order valence-corrected chi connectivity index (χ1v) is 8.09. The lowest BCUT2D eigenvalue weighted by Gasteiger charge is -2.44. The Morgan fingerprint density at radius 1 is 1.15 bits per heavy atom. The van der Waals surface area contributed by atoms with E-state index in [4.69, 9.17) is 28.9 Å². The van der Waals surface area contributed by atoms with E-state index in [1.807, 2.05) is 18.2 Å². The molecule has 0 bridgehead atoms. The van der Waals surface area contributed by atoms with Gasteiger partial charge >= 0.3 is 0 Å². The lowest BCUT2D eigenvalue weighted by Crippen LogP contribution is -2.58. The molecule has 2 nitrogen and oxygen atoms in total. The summed E-state index contributed by atoms with van der Waals surface area (Å²) in [7, 11) is 0. The fourth-order valence-electron chi connectivity index (χ4n) is 2.81. The summed E-state index contributed by atoms with van der Waals surface area (Å²) in [6, 6.07) is 5.82. The van der Waals surface area contributed by atoms with E-state index in [-0.39, 0.29) is 11.6 Å². The second-order valence-electron chi connectivity index (χ2n) is 5.44. The first-order chi connectivity index (χ1) is 9.38. The van der Waals surface area contributed by atoms with Crippen LogP contribution in [0.3, 0.4) is 0 Å². The summed E-state index contributed by atoms with van der Waals surface area (Å²) in [4.78, 5) is 2.44. The van der Waals surface area contributed by atoms with Gasteiger partial charge in [0.25, 0.3) is 0 Å². The summed E-state index contributed by atoms with van der Waals surface area (Å²) in [6.07, 6.45) is 1.83. The highest BCUT2D eigenvalue weighted by Gasteiger charge is 2.34. The van der Waals surface area contributed by atoms with Crippen molar-refractivity contribution in [1.82, 2.24) is 4.90 Å². The molecule has 0 fully saturated rings. The van der Waals surface area contributed by atoms with Crippen molar-refractivity contribution in [2.24, 2.45) is 5.73 Å². The van der Waals surface area contributed by atoms with Gasteiger partial charge in [-0.1, -0.05) is 50.0 Å². The quantitative estimate of drug-likeness (QED) is 0.809. The molecular weight excluding hydrogens is 291 g/mol. The molecule has 1 aromatic carbocycles. The maximum atomic E-state index is 6.52. The Morgan fingerprint density at radius 3 is 2.20 bits per heavy atom. The van der Waals surface area contributed by atoms with E-state index < -0.39 is 0 Å². The van der Waals surface area contributed by atoms with Crippen molar-refractivity contribution in [2.75, 3.05) is 13.1 Å². The van der Waals surface area contributed by atoms with Crippen molar-refractivity contribution in [2.45, 2.75) is 52.1 Å². The molecule has 1 aromatic rings. The third-order valence-corrected chi connectivity index (χ3v) is 5.18. The van der Waals surface area contributed by atoms with E-state index in [2.05, 4.69) is 32.6 Å². The van der Waals surface area contributed by atoms with Gasteiger partial charge in [-0.05, 0) is 50.6 Å². The second kappa shape index (κ2) is 7.65. The van der Waals surface area contributed by atoms with E-state index in [1.165, 1.54) is 0 Å². The highest BCUT2D eigenvalue weighted by molar-refractivity contribution is 6.42. The summed E-state index contributed by atoms with van der Waals surface area (Å²) in [5.41, 5.74) is 7.65. The molecule has 114 valence electrons. The SMILES string of the molecule is CCN(CC)C(C)(CC)C(N)Cc1ccc(Cl)c(Cl)c1. The number of benzene rings is 1. The molecule has 0 aliphatic rings. The van der Waals surface area contributed by atoms with Crippen LogP contribution in [-0.2, 0) is 6.42 Å². The van der Waals surface area contributed by atoms with Crippen molar-refractivity contribution < 1.29 is 0 Å². The lowest BCUT2D eigenvalue weighted by molar-refractivity contribution is 0.0845. The van der Waals surface area contributed by atoms with Gasteiger partial charge in [-0.15, -0.1) is 0 Å². The molecule has 0 aromatic heterocycles. The van der Waals surface area contributed by atoms with Gasteiger partial charge in [0.1, 0.15) is 0 Å². The summed E-state index contributed by atoms with van der Waals surface area (Å²) in [5, 5.41) is 1.18. The molecule has 2 atom stereocenters. The zero-order valence-electron chi connectivity index (χ0n) is 12.9. The van der Waals surface area contributed by atoms with E-state index >= 15 is 0 Å². The van der Waals surface area contributed by atoms with Gasteiger partial charge in [0.2, 0.25) is 0 Å². The van der Waals surface area contributed by atoms with Gasteiger partial charge in [0, 0.05) is 11.6 Å². The monoisotopic (exact) mass is 316 g/mol. The summed E-state index contributed by atoms with van der Waals surface area (Å²) < 4.78 is 0. The normalized spacial score (nSPS) is 16.2. The summed E-state index contributed by atoms with van der Waals surface area (Å²) in [5.74, 6) is 0. The van der Waals surface area contributed by atoms with Crippen LogP contribution in [0.25, 0.3) is 0 Å². The Morgan fingerprint density at radius 2 is 1.75 bits per heavy atom. The highest BCUT2D eigenvalue weighted by atomic mass is 35.5. The summed E-state index contributed by atoms with van der Waals surface area (Å²) >= 11 is 12.0. The maximum Gasteiger partial charge on any atom is 0.0595 e. The van der Waals surface area contributed by atoms with Crippen LogP contribution in [0.1, 0.15) is 39.7 Å². The molecule has 0 aliphatic heterocycles. The summed E-state index contributed by atoms with van der Waals surface area (Å²) in [6.45, 7) is 10.8. The van der Waals surface area contributed by atoms with Crippen LogP contribution in [0, 0.1) is 0 Å². The van der Waals surface area contributed by atoms with Gasteiger partial charge in [-0.2, -0.15) is 0 Å². The number of halogens is 2. The number of hydrogen-bond donors (Lipinski definition) is 1. The van der Waals surface area contributed by atoms with Gasteiger partial charge in [0.05, 0.1) is 10.0 Å². The maximum absolute atomic E-state index is 6.52. The average Bonchev–Trinajstić information content (AvgIpc) is 2.43. The minimum atomic E-state index is -0.00435. The van der Waals surface area contributed by atoms with Crippen molar-refractivity contribution in [3.8, 4) is 0 Å². The van der Waals surface area contributed by atoms with Crippen molar-refractivity contribution >= 4 is 23.2 Å². The van der Waals surface area contributed by atoms with E-state index in [0.717, 1.165) is 31.5 Å². The van der Waals surface area contributed by atoms with Gasteiger partial charge < -0.3 is 5.73 Å². The second-order valence-corrected chi connectivity index (χ2v) is 6.26. The third kappa shape index (κ3) is 3.88. The molecule has 4 heteroatoms. The first kappa shape index (κ1) is 17.8. The fraction of sp³-hybridized carbons (Fsp3) is 0.625. The number of hydrogen-bond acceptors (Lipinski definition) is 2. The van der Waals surface area contributed by atoms with Crippen LogP contribution in [0.5, 0.6) is 0 Å². The van der Waals surface area contributed by atoms with Gasteiger partial charge in [0.15, 0.2) is 0 Å². The molecule has 0 saturated carbocycles. The average molecular weight is 317 g/mol. The molecule has 0 radical (unpaired) electrons. The van der Waals surface area contributed by atoms with Crippen LogP contribution in [0.4, 0.5) is 0 Å². The molecule has 0 heterocycles. The topological polar surface area (TPSA) is 29.3 Å². The largest absolute Gasteiger partial charge is 0.326 e. The Bertz CT molecular complexity index is 432. The predicted molar refractivity (Wildman–Crippen MR) is 89.8 cm³/mol. The van der Waals surface area contributed by atoms with Crippen LogP contribution in [0.2, 0.25) is 10.0 Å². The number of nitrogens with zero attached hydrogens (tertiary/aromatic N) is 1. The molecule has 2 unspecified atom stereocenters. The molecule has 20 heavy (non-hydrogen) atoms. The predicted octanol–water partition coefficient (Wildman–Crippen LogP) is 4.37. The van der Waals surface area contributed by atoms with Crippen molar-refractivity contribution in [1.29, 1.82) is 0 Å². The molecule has 0 amide bonds. The molecule has 2 N–H and O–H groups in total. The van der Waals surface area contributed by atoms with E-state index in [1.54, 1.807) is 0 Å². The minimum Gasteiger partial charge on any atom is -0.326 e. The van der Waals surface area contributed by atoms with Gasteiger partial charge in [-0.25, -0.2) is 0 Å². The van der Waals surface area contributed by atoms with Crippen molar-refractivity contribution in [3.05, 3.63) is 33.8 Å². The van der Waals surface area contributed by atoms with Crippen LogP contribution in [-0.4, -0.2) is 29.6 Å². The molecule has 1 rings (SSSR count). The van der Waals surface area contributed by atoms with Crippen LogP contribution >= 0.6 is 23.2 Å². The molecule has 0 aliphatic carbocycles. The number of likely N-dealkylation sites (N-methyl/N-ethyl adjacent to an activating group) is 1. The third-order valence-electron chi connectivity index (χ3n) is 4.44. The zero-order chi connectivity index (χ0) is 15.3. The number of rotatable bonds is 7. The standard InChI is InChI=1S/C16H26Cl2N2/c1-5-16(4,20(6-2)7-3)15(19)11-12-8-9-13(17)14(18)10-12/h8-10,15H,5-7,11,19H2,1-4H3. The molecule has 0 spiro atoms. The smallest absolute Gasteiger partial charge is 0.0595 e. The van der Waals surface area contributed by atoms with Crippen molar-refractivity contribution in [3.63, 3.8) is 0 Å². The Labute approximate surface area is 133 Å².